The quantitative estimate of drug-likeness (QED) is 0.0776. The highest BCUT2D eigenvalue weighted by molar-refractivity contribution is 14.0. The Morgan fingerprint density at radius 3 is 1.85 bits per heavy atom. The molecular weight excluding hydrogens is 643 g/mol. The van der Waals surface area contributed by atoms with Gasteiger partial charge in [-0.3, -0.25) is 4.79 Å². The van der Waals surface area contributed by atoms with Gasteiger partial charge in [-0.15, -0.1) is 24.0 Å². The zero-order chi connectivity index (χ0) is 26.9. The van der Waals surface area contributed by atoms with Crippen molar-refractivity contribution < 1.29 is 14.3 Å². The second kappa shape index (κ2) is 15.0. The molecule has 0 unspecified atom stereocenters. The first-order valence-electron chi connectivity index (χ1n) is 12.0. The number of carbonyl (C=O) groups is 1. The van der Waals surface area contributed by atoms with Gasteiger partial charge in [0, 0.05) is 29.2 Å². The summed E-state index contributed by atoms with van der Waals surface area (Å²) in [6.07, 6.45) is 1.98. The second-order valence-corrected chi connectivity index (χ2v) is 9.72. The molecule has 8 heteroatoms. The number of halogens is 2. The van der Waals surface area contributed by atoms with Crippen LogP contribution in [0.2, 0.25) is 5.02 Å². The number of ether oxygens (including phenoxy) is 2. The van der Waals surface area contributed by atoms with Crippen LogP contribution in [0.15, 0.2) is 102 Å². The van der Waals surface area contributed by atoms with E-state index < -0.39 is 0 Å². The molecule has 4 aromatic carbocycles. The molecule has 0 aliphatic rings. The van der Waals surface area contributed by atoms with Crippen LogP contribution in [0.5, 0.6) is 11.5 Å². The van der Waals surface area contributed by atoms with E-state index in [0.29, 0.717) is 34.9 Å². The van der Waals surface area contributed by atoms with Gasteiger partial charge in [0.15, 0.2) is 11.0 Å². The molecule has 0 spiro atoms. The first-order valence-corrected chi connectivity index (χ1v) is 13.6. The minimum absolute atomic E-state index is 0. The van der Waals surface area contributed by atoms with Crippen molar-refractivity contribution in [3.8, 4) is 11.5 Å². The number of hydrogen-bond acceptors (Lipinski definition) is 5. The maximum atomic E-state index is 13.4. The number of ketones is 1. The molecule has 0 fully saturated rings. The third kappa shape index (κ3) is 8.24. The molecule has 0 bridgehead atoms. The monoisotopic (exact) mass is 672 g/mol. The van der Waals surface area contributed by atoms with Crippen LogP contribution >= 0.6 is 47.3 Å². The topological polar surface area (TPSA) is 51.1 Å². The van der Waals surface area contributed by atoms with Crippen LogP contribution in [-0.4, -0.2) is 36.3 Å². The fourth-order valence-corrected chi connectivity index (χ4v) is 4.72. The first kappa shape index (κ1) is 30.5. The minimum atomic E-state index is -0.0988. The van der Waals surface area contributed by atoms with Gasteiger partial charge in [-0.2, -0.15) is 0 Å². The lowest BCUT2D eigenvalue weighted by Crippen LogP contribution is -2.28. The maximum Gasteiger partial charge on any atom is 0.195 e. The van der Waals surface area contributed by atoms with E-state index in [1.54, 1.807) is 44.6 Å². The summed E-state index contributed by atoms with van der Waals surface area (Å²) in [6.45, 7) is 1.22. The fourth-order valence-electron chi connectivity index (χ4n) is 3.98. The molecule has 0 amide bonds. The molecule has 0 saturated carbocycles. The molecule has 0 aliphatic heterocycles. The van der Waals surface area contributed by atoms with Gasteiger partial charge in [0.25, 0.3) is 0 Å². The predicted molar refractivity (Wildman–Crippen MR) is 173 cm³/mol. The van der Waals surface area contributed by atoms with E-state index in [0.717, 1.165) is 27.8 Å². The van der Waals surface area contributed by atoms with Gasteiger partial charge in [-0.05, 0) is 59.8 Å². The molecule has 0 radical (unpaired) electrons. The Kier molecular flexibility index (Phi) is 11.7. The largest absolute Gasteiger partial charge is 0.497 e. The van der Waals surface area contributed by atoms with Crippen molar-refractivity contribution >= 4 is 64.0 Å². The summed E-state index contributed by atoms with van der Waals surface area (Å²) in [5, 5.41) is 1.28. The summed E-state index contributed by atoms with van der Waals surface area (Å²) >= 11 is 7.89. The van der Waals surface area contributed by atoms with Gasteiger partial charge in [-0.25, -0.2) is 4.99 Å². The smallest absolute Gasteiger partial charge is 0.195 e. The third-order valence-corrected chi connectivity index (χ3v) is 6.92. The van der Waals surface area contributed by atoms with E-state index in [1.165, 1.54) is 11.8 Å². The summed E-state index contributed by atoms with van der Waals surface area (Å²) in [7, 11) is 3.31. The maximum absolute atomic E-state index is 13.4. The lowest BCUT2D eigenvalue weighted by atomic mass is 10.0. The van der Waals surface area contributed by atoms with Crippen molar-refractivity contribution in [2.24, 2.45) is 4.99 Å². The van der Waals surface area contributed by atoms with Gasteiger partial charge in [0.05, 0.1) is 19.9 Å². The number of methoxy groups -OCH3 is 2. The first-order chi connectivity index (χ1) is 18.5. The molecule has 5 nitrogen and oxygen atoms in total. The molecule has 0 N–H and O–H groups in total. The number of benzene rings is 4. The summed E-state index contributed by atoms with van der Waals surface area (Å²) < 4.78 is 10.6. The van der Waals surface area contributed by atoms with E-state index in [-0.39, 0.29) is 29.8 Å². The van der Waals surface area contributed by atoms with E-state index in [9.17, 15) is 4.79 Å². The number of carbonyl (C=O) groups excluding carboxylic acids is 1. The molecule has 0 saturated heterocycles. The Morgan fingerprint density at radius 2 is 1.36 bits per heavy atom. The van der Waals surface area contributed by atoms with Crippen LogP contribution in [0.1, 0.15) is 27.0 Å². The SMILES string of the molecule is COc1ccc(CN(Cc2ccc(OC)cc2)C(=Nc2cc(Cl)ccc2C(=O)c2ccccc2)SC)cc1.I. The van der Waals surface area contributed by atoms with Gasteiger partial charge < -0.3 is 14.4 Å². The van der Waals surface area contributed by atoms with Crippen LogP contribution in [0, 0.1) is 0 Å². The Balaban J connectivity index is 0.00000420. The second-order valence-electron chi connectivity index (χ2n) is 8.51. The van der Waals surface area contributed by atoms with Crippen molar-refractivity contribution in [3.63, 3.8) is 0 Å². The summed E-state index contributed by atoms with van der Waals surface area (Å²) in [4.78, 5) is 20.5. The third-order valence-electron chi connectivity index (χ3n) is 5.97. The average Bonchev–Trinajstić information content (AvgIpc) is 2.96. The van der Waals surface area contributed by atoms with Crippen LogP contribution < -0.4 is 9.47 Å². The molecule has 39 heavy (non-hydrogen) atoms. The molecule has 0 heterocycles. The number of amidine groups is 1. The molecule has 0 aromatic heterocycles. The Morgan fingerprint density at radius 1 is 0.821 bits per heavy atom. The zero-order valence-electron chi connectivity index (χ0n) is 22.0. The highest BCUT2D eigenvalue weighted by Gasteiger charge is 2.18. The van der Waals surface area contributed by atoms with Gasteiger partial charge in [0.1, 0.15) is 11.5 Å². The van der Waals surface area contributed by atoms with Crippen LogP contribution in [-0.2, 0) is 13.1 Å². The number of rotatable bonds is 9. The Bertz CT molecular complexity index is 1350. The lowest BCUT2D eigenvalue weighted by Gasteiger charge is -2.26. The van der Waals surface area contributed by atoms with E-state index in [2.05, 4.69) is 4.90 Å². The highest BCUT2D eigenvalue weighted by Crippen LogP contribution is 2.29. The van der Waals surface area contributed by atoms with Crippen molar-refractivity contribution in [2.75, 3.05) is 20.5 Å². The van der Waals surface area contributed by atoms with E-state index >= 15 is 0 Å². The van der Waals surface area contributed by atoms with E-state index in [1.807, 2.05) is 73.0 Å². The number of thioether (sulfide) groups is 1. The molecule has 0 aliphatic carbocycles. The van der Waals surface area contributed by atoms with Crippen LogP contribution in [0.3, 0.4) is 0 Å². The predicted octanol–water partition coefficient (Wildman–Crippen LogP) is 8.26. The number of nitrogens with zero attached hydrogens (tertiary/aromatic N) is 2. The van der Waals surface area contributed by atoms with Crippen molar-refractivity contribution in [1.29, 1.82) is 0 Å². The van der Waals surface area contributed by atoms with Gasteiger partial charge >= 0.3 is 0 Å². The van der Waals surface area contributed by atoms with Crippen molar-refractivity contribution in [3.05, 3.63) is 124 Å². The summed E-state index contributed by atoms with van der Waals surface area (Å²) in [5.41, 5.74) is 3.84. The molecule has 0 atom stereocenters. The van der Waals surface area contributed by atoms with Crippen molar-refractivity contribution in [2.45, 2.75) is 13.1 Å². The van der Waals surface area contributed by atoms with Gasteiger partial charge in [0.2, 0.25) is 0 Å². The van der Waals surface area contributed by atoms with Crippen LogP contribution in [0.25, 0.3) is 0 Å². The minimum Gasteiger partial charge on any atom is -0.497 e. The molecular formula is C31H30ClIN2O3S. The van der Waals surface area contributed by atoms with E-state index in [4.69, 9.17) is 26.1 Å². The molecule has 4 aromatic rings. The fraction of sp³-hybridized carbons (Fsp3) is 0.161. The highest BCUT2D eigenvalue weighted by atomic mass is 127. The Labute approximate surface area is 256 Å². The molecule has 202 valence electrons. The van der Waals surface area contributed by atoms with Gasteiger partial charge in [-0.1, -0.05) is 78.0 Å². The average molecular weight is 673 g/mol. The standard InChI is InChI=1S/C31H29ClN2O3S.HI/c1-36-26-14-9-22(10-15-26)20-34(21-23-11-16-27(37-2)17-12-23)31(38-3)33-29-19-25(32)13-18-28(29)30(35)24-7-5-4-6-8-24;/h4-19H,20-21H2,1-3H3;1H. The lowest BCUT2D eigenvalue weighted by molar-refractivity contribution is 0.103. The Hall–Kier alpha value is -3.01. The number of aliphatic imine (C=N–C) groups is 1. The zero-order valence-corrected chi connectivity index (χ0v) is 25.9. The summed E-state index contributed by atoms with van der Waals surface area (Å²) in [5.74, 6) is 1.51. The summed E-state index contributed by atoms with van der Waals surface area (Å²) in [6, 6.07) is 30.4. The number of hydrogen-bond donors (Lipinski definition) is 0. The molecule has 4 rings (SSSR count). The van der Waals surface area contributed by atoms with Crippen molar-refractivity contribution in [1.82, 2.24) is 4.90 Å². The van der Waals surface area contributed by atoms with Crippen LogP contribution in [0.4, 0.5) is 5.69 Å². The normalized spacial score (nSPS) is 10.9.